The Kier molecular flexibility index (Phi) is 2.28. The van der Waals surface area contributed by atoms with E-state index in [-0.39, 0.29) is 4.77 Å². The van der Waals surface area contributed by atoms with Gasteiger partial charge in [-0.25, -0.2) is 0 Å². The van der Waals surface area contributed by atoms with E-state index in [1.807, 2.05) is 0 Å². The lowest BCUT2D eigenvalue weighted by atomic mass is 10.4. The van der Waals surface area contributed by atoms with Crippen LogP contribution in [0.15, 0.2) is 22.8 Å². The molecule has 0 radical (unpaired) electrons. The van der Waals surface area contributed by atoms with E-state index in [4.69, 9.17) is 21.4 Å². The third-order valence-electron chi connectivity index (χ3n) is 1.58. The Hall–Kier alpha value is -1.69. The van der Waals surface area contributed by atoms with Crippen molar-refractivity contribution in [2.45, 2.75) is 0 Å². The molecule has 2 aromatic heterocycles. The summed E-state index contributed by atoms with van der Waals surface area (Å²) in [6.45, 7) is 0. The van der Waals surface area contributed by atoms with Crippen LogP contribution in [-0.4, -0.2) is 22.1 Å². The maximum Gasteiger partial charge on any atom is 0.297 e. The molecule has 0 aromatic carbocycles. The molecule has 72 valence electrons. The molecule has 6 heteroatoms. The summed E-state index contributed by atoms with van der Waals surface area (Å²) in [5.74, 6) is 1.10. The van der Waals surface area contributed by atoms with E-state index in [0.717, 1.165) is 0 Å². The van der Waals surface area contributed by atoms with Gasteiger partial charge < -0.3 is 9.15 Å². The standard InChI is InChI=1S/C8H7N3O2S/c1-12-7-9-6(10-8(14)11-7)5-3-2-4-13-5/h2-4H,1H3,(H,9,10,11,14). The fourth-order valence-electron chi connectivity index (χ4n) is 0.991. The Bertz CT molecular complexity index is 478. The Morgan fingerprint density at radius 1 is 1.50 bits per heavy atom. The molecule has 2 heterocycles. The molecule has 0 unspecified atom stereocenters. The molecule has 0 atom stereocenters. The van der Waals surface area contributed by atoms with Gasteiger partial charge in [-0.05, 0) is 24.4 Å². The van der Waals surface area contributed by atoms with Gasteiger partial charge in [-0.3, -0.25) is 4.98 Å². The summed E-state index contributed by atoms with van der Waals surface area (Å²) >= 11 is 4.86. The number of hydrogen-bond donors (Lipinski definition) is 1. The molecule has 1 N–H and O–H groups in total. The van der Waals surface area contributed by atoms with Crippen LogP contribution in [0.5, 0.6) is 6.01 Å². The minimum Gasteiger partial charge on any atom is -0.468 e. The van der Waals surface area contributed by atoms with Crippen molar-refractivity contribution < 1.29 is 9.15 Å². The van der Waals surface area contributed by atoms with Crippen molar-refractivity contribution >= 4 is 12.2 Å². The predicted octanol–water partition coefficient (Wildman–Crippen LogP) is 1.80. The number of rotatable bonds is 2. The van der Waals surface area contributed by atoms with Crippen LogP contribution in [0, 0.1) is 4.77 Å². The number of hydrogen-bond acceptors (Lipinski definition) is 5. The molecule has 0 fully saturated rings. The highest BCUT2D eigenvalue weighted by atomic mass is 32.1. The van der Waals surface area contributed by atoms with E-state index < -0.39 is 0 Å². The van der Waals surface area contributed by atoms with Crippen molar-refractivity contribution in [1.82, 2.24) is 15.0 Å². The van der Waals surface area contributed by atoms with E-state index in [1.54, 1.807) is 18.4 Å². The Labute approximate surface area is 84.8 Å². The summed E-state index contributed by atoms with van der Waals surface area (Å²) in [6.07, 6.45) is 1.56. The van der Waals surface area contributed by atoms with Crippen molar-refractivity contribution in [2.75, 3.05) is 7.11 Å². The third-order valence-corrected chi connectivity index (χ3v) is 1.76. The molecule has 0 saturated carbocycles. The number of nitrogens with zero attached hydrogens (tertiary/aromatic N) is 2. The number of methoxy groups -OCH3 is 1. The third kappa shape index (κ3) is 1.64. The molecule has 2 aromatic rings. The van der Waals surface area contributed by atoms with Gasteiger partial charge in [-0.15, -0.1) is 0 Å². The number of furan rings is 1. The molecule has 14 heavy (non-hydrogen) atoms. The van der Waals surface area contributed by atoms with Gasteiger partial charge in [0, 0.05) is 0 Å². The van der Waals surface area contributed by atoms with E-state index >= 15 is 0 Å². The Morgan fingerprint density at radius 2 is 2.36 bits per heavy atom. The van der Waals surface area contributed by atoms with Crippen molar-refractivity contribution in [1.29, 1.82) is 0 Å². The maximum absolute atomic E-state index is 5.15. The van der Waals surface area contributed by atoms with Gasteiger partial charge in [-0.1, -0.05) is 0 Å². The molecular formula is C8H7N3O2S. The first-order valence-electron chi connectivity index (χ1n) is 3.86. The summed E-state index contributed by atoms with van der Waals surface area (Å²) in [4.78, 5) is 10.7. The van der Waals surface area contributed by atoms with Crippen LogP contribution in [0.4, 0.5) is 0 Å². The van der Waals surface area contributed by atoms with E-state index in [0.29, 0.717) is 17.6 Å². The van der Waals surface area contributed by atoms with Gasteiger partial charge in [0.2, 0.25) is 4.77 Å². The summed E-state index contributed by atoms with van der Waals surface area (Å²) < 4.78 is 10.3. The molecule has 0 aliphatic carbocycles. The predicted molar refractivity (Wildman–Crippen MR) is 51.5 cm³/mol. The Balaban J connectivity index is 2.54. The van der Waals surface area contributed by atoms with Crippen molar-refractivity contribution in [2.24, 2.45) is 0 Å². The van der Waals surface area contributed by atoms with Gasteiger partial charge in [0.25, 0.3) is 6.01 Å². The zero-order valence-corrected chi connectivity index (χ0v) is 8.17. The van der Waals surface area contributed by atoms with E-state index in [1.165, 1.54) is 7.11 Å². The van der Waals surface area contributed by atoms with Crippen LogP contribution >= 0.6 is 12.2 Å². The second kappa shape index (κ2) is 3.59. The molecule has 5 nitrogen and oxygen atoms in total. The van der Waals surface area contributed by atoms with Crippen LogP contribution in [0.2, 0.25) is 0 Å². The van der Waals surface area contributed by atoms with Gasteiger partial charge in [0.15, 0.2) is 11.6 Å². The minimum absolute atomic E-state index is 0.215. The number of H-pyrrole nitrogens is 1. The average molecular weight is 209 g/mol. The number of ether oxygens (including phenoxy) is 1. The summed E-state index contributed by atoms with van der Waals surface area (Å²) in [5, 5.41) is 0. The minimum atomic E-state index is 0.215. The molecule has 0 aliphatic rings. The second-order valence-corrected chi connectivity index (χ2v) is 2.83. The first-order chi connectivity index (χ1) is 6.79. The number of aromatic amines is 1. The van der Waals surface area contributed by atoms with E-state index in [9.17, 15) is 0 Å². The largest absolute Gasteiger partial charge is 0.468 e. The van der Waals surface area contributed by atoms with Gasteiger partial charge in [0.1, 0.15) is 0 Å². The monoisotopic (exact) mass is 209 g/mol. The fraction of sp³-hybridized carbons (Fsp3) is 0.125. The molecule has 0 amide bonds. The van der Waals surface area contributed by atoms with Gasteiger partial charge in [-0.2, -0.15) is 9.97 Å². The van der Waals surface area contributed by atoms with Crippen molar-refractivity contribution in [3.8, 4) is 17.6 Å². The highest BCUT2D eigenvalue weighted by Crippen LogP contribution is 2.15. The quantitative estimate of drug-likeness (QED) is 0.764. The smallest absolute Gasteiger partial charge is 0.297 e. The van der Waals surface area contributed by atoms with Crippen molar-refractivity contribution in [3.63, 3.8) is 0 Å². The summed E-state index contributed by atoms with van der Waals surface area (Å²) in [5.41, 5.74) is 0. The molecular weight excluding hydrogens is 202 g/mol. The van der Waals surface area contributed by atoms with Crippen LogP contribution in [-0.2, 0) is 0 Å². The molecule has 0 aliphatic heterocycles. The second-order valence-electron chi connectivity index (χ2n) is 2.47. The zero-order chi connectivity index (χ0) is 9.97. The highest BCUT2D eigenvalue weighted by Gasteiger charge is 2.05. The topological polar surface area (TPSA) is 63.9 Å². The first-order valence-corrected chi connectivity index (χ1v) is 4.26. The van der Waals surface area contributed by atoms with Crippen molar-refractivity contribution in [3.05, 3.63) is 23.2 Å². The van der Waals surface area contributed by atoms with E-state index in [2.05, 4.69) is 15.0 Å². The van der Waals surface area contributed by atoms with Crippen LogP contribution in [0.3, 0.4) is 0 Å². The zero-order valence-electron chi connectivity index (χ0n) is 7.35. The fourth-order valence-corrected chi connectivity index (χ4v) is 1.17. The lowest BCUT2D eigenvalue weighted by molar-refractivity contribution is 0.377. The molecule has 0 spiro atoms. The molecule has 2 rings (SSSR count). The summed E-state index contributed by atoms with van der Waals surface area (Å²) in [6, 6.07) is 3.85. The van der Waals surface area contributed by atoms with Gasteiger partial charge in [0.05, 0.1) is 13.4 Å². The molecule has 0 bridgehead atoms. The maximum atomic E-state index is 5.15. The van der Waals surface area contributed by atoms with Crippen LogP contribution < -0.4 is 4.74 Å². The number of aromatic nitrogens is 3. The SMILES string of the molecule is COc1nc(=S)nc(-c2ccco2)[nH]1. The lowest BCUT2D eigenvalue weighted by Crippen LogP contribution is -1.96. The first kappa shape index (κ1) is 8.89. The molecule has 0 saturated heterocycles. The lowest BCUT2D eigenvalue weighted by Gasteiger charge is -2.00. The Morgan fingerprint density at radius 3 is 3.00 bits per heavy atom. The number of nitrogens with one attached hydrogen (secondary N) is 1. The summed E-state index contributed by atoms with van der Waals surface area (Å²) in [7, 11) is 1.50. The highest BCUT2D eigenvalue weighted by molar-refractivity contribution is 7.71. The van der Waals surface area contributed by atoms with Crippen LogP contribution in [0.1, 0.15) is 0 Å². The average Bonchev–Trinajstić information content (AvgIpc) is 2.69. The normalized spacial score (nSPS) is 10.1. The van der Waals surface area contributed by atoms with Crippen LogP contribution in [0.25, 0.3) is 11.6 Å². The van der Waals surface area contributed by atoms with Gasteiger partial charge >= 0.3 is 0 Å².